The van der Waals surface area contributed by atoms with Crippen molar-refractivity contribution in [2.24, 2.45) is 0 Å². The quantitative estimate of drug-likeness (QED) is 0.887. The van der Waals surface area contributed by atoms with E-state index in [4.69, 9.17) is 5.26 Å². The number of hydrogen-bond donors (Lipinski definition) is 1. The third kappa shape index (κ3) is 3.08. The lowest BCUT2D eigenvalue weighted by Gasteiger charge is -2.19. The van der Waals surface area contributed by atoms with Crippen LogP contribution in [0.4, 0.5) is 5.13 Å². The largest absolute Gasteiger partial charge is 0.357 e. The van der Waals surface area contributed by atoms with Crippen LogP contribution in [0.15, 0.2) is 29.6 Å². The first kappa shape index (κ1) is 12.6. The first-order chi connectivity index (χ1) is 8.48. The molecule has 4 heteroatoms. The number of nitrogens with zero attached hydrogens (tertiary/aromatic N) is 2. The number of rotatable bonds is 2. The Bertz CT molecular complexity index is 570. The highest BCUT2D eigenvalue weighted by Crippen LogP contribution is 2.26. The normalized spacial score (nSPS) is 11.0. The van der Waals surface area contributed by atoms with Crippen molar-refractivity contribution in [3.63, 3.8) is 0 Å². The average Bonchev–Trinajstić information content (AvgIpc) is 2.75. The van der Waals surface area contributed by atoms with Crippen LogP contribution in [0.3, 0.4) is 0 Å². The summed E-state index contributed by atoms with van der Waals surface area (Å²) in [4.78, 5) is 4.55. The van der Waals surface area contributed by atoms with Gasteiger partial charge in [-0.3, -0.25) is 0 Å². The van der Waals surface area contributed by atoms with E-state index in [1.54, 1.807) is 11.3 Å². The Morgan fingerprint density at radius 2 is 1.89 bits per heavy atom. The van der Waals surface area contributed by atoms with E-state index in [9.17, 15) is 0 Å². The lowest BCUT2D eigenvalue weighted by atomic mass is 10.1. The van der Waals surface area contributed by atoms with Gasteiger partial charge in [-0.05, 0) is 32.9 Å². The zero-order valence-corrected chi connectivity index (χ0v) is 11.5. The van der Waals surface area contributed by atoms with Gasteiger partial charge in [0.05, 0.1) is 17.3 Å². The summed E-state index contributed by atoms with van der Waals surface area (Å²) in [5.41, 5.74) is 2.66. The van der Waals surface area contributed by atoms with Crippen LogP contribution < -0.4 is 5.32 Å². The number of nitriles is 1. The summed E-state index contributed by atoms with van der Waals surface area (Å²) in [6, 6.07) is 9.58. The van der Waals surface area contributed by atoms with E-state index < -0.39 is 0 Å². The molecule has 0 saturated carbocycles. The van der Waals surface area contributed by atoms with Gasteiger partial charge in [-0.1, -0.05) is 12.1 Å². The molecule has 3 nitrogen and oxygen atoms in total. The number of nitrogens with one attached hydrogen (secondary N) is 1. The van der Waals surface area contributed by atoms with E-state index in [1.165, 1.54) is 0 Å². The Kier molecular flexibility index (Phi) is 3.35. The van der Waals surface area contributed by atoms with Gasteiger partial charge in [-0.15, -0.1) is 11.3 Å². The Hall–Kier alpha value is -1.86. The van der Waals surface area contributed by atoms with Crippen LogP contribution in [0.2, 0.25) is 0 Å². The monoisotopic (exact) mass is 257 g/mol. The van der Waals surface area contributed by atoms with Crippen LogP contribution in [-0.4, -0.2) is 10.5 Å². The van der Waals surface area contributed by atoms with Gasteiger partial charge in [0.15, 0.2) is 5.13 Å². The summed E-state index contributed by atoms with van der Waals surface area (Å²) in [6.07, 6.45) is 0. The van der Waals surface area contributed by atoms with Crippen LogP contribution in [-0.2, 0) is 0 Å². The van der Waals surface area contributed by atoms with Crippen molar-refractivity contribution in [3.8, 4) is 17.3 Å². The smallest absolute Gasteiger partial charge is 0.183 e. The fourth-order valence-corrected chi connectivity index (χ4v) is 2.43. The third-order valence-electron chi connectivity index (χ3n) is 2.30. The summed E-state index contributed by atoms with van der Waals surface area (Å²) >= 11 is 1.59. The molecule has 1 N–H and O–H groups in total. The van der Waals surface area contributed by atoms with Crippen molar-refractivity contribution in [2.75, 3.05) is 5.32 Å². The molecule has 0 amide bonds. The topological polar surface area (TPSA) is 48.7 Å². The predicted molar refractivity (Wildman–Crippen MR) is 75.6 cm³/mol. The minimum atomic E-state index is 0.0137. The van der Waals surface area contributed by atoms with Crippen molar-refractivity contribution in [3.05, 3.63) is 35.2 Å². The molecule has 0 atom stereocenters. The summed E-state index contributed by atoms with van der Waals surface area (Å²) < 4.78 is 0. The summed E-state index contributed by atoms with van der Waals surface area (Å²) in [5.74, 6) is 0. The number of hydrogen-bond acceptors (Lipinski definition) is 4. The molecule has 1 aromatic carbocycles. The van der Waals surface area contributed by atoms with Crippen LogP contribution in [0, 0.1) is 11.3 Å². The van der Waals surface area contributed by atoms with E-state index in [0.717, 1.165) is 16.4 Å². The van der Waals surface area contributed by atoms with Crippen molar-refractivity contribution in [1.29, 1.82) is 5.26 Å². The van der Waals surface area contributed by atoms with Gasteiger partial charge in [0.1, 0.15) is 0 Å². The molecular formula is C14H15N3S. The second-order valence-corrected chi connectivity index (χ2v) is 5.96. The highest BCUT2D eigenvalue weighted by molar-refractivity contribution is 7.14. The Labute approximate surface area is 111 Å². The molecule has 0 bridgehead atoms. The third-order valence-corrected chi connectivity index (χ3v) is 3.05. The number of aromatic nitrogens is 1. The fraction of sp³-hybridized carbons (Fsp3) is 0.286. The zero-order valence-electron chi connectivity index (χ0n) is 10.7. The van der Waals surface area contributed by atoms with Gasteiger partial charge in [0.25, 0.3) is 0 Å². The minimum absolute atomic E-state index is 0.0137. The lowest BCUT2D eigenvalue weighted by Crippen LogP contribution is -2.25. The molecule has 0 aliphatic rings. The summed E-state index contributed by atoms with van der Waals surface area (Å²) in [7, 11) is 0. The van der Waals surface area contributed by atoms with Gasteiger partial charge in [-0.25, -0.2) is 4.98 Å². The molecule has 1 heterocycles. The van der Waals surface area contributed by atoms with Crippen LogP contribution >= 0.6 is 11.3 Å². The first-order valence-corrected chi connectivity index (χ1v) is 6.60. The molecule has 0 radical (unpaired) electrons. The van der Waals surface area contributed by atoms with E-state index in [0.29, 0.717) is 5.56 Å². The van der Waals surface area contributed by atoms with Crippen molar-refractivity contribution < 1.29 is 0 Å². The number of thiazole rings is 1. The predicted octanol–water partition coefficient (Wildman–Crippen LogP) is 3.89. The zero-order chi connectivity index (χ0) is 13.2. The fourth-order valence-electron chi connectivity index (χ4n) is 1.50. The Balaban J connectivity index is 2.21. The molecule has 1 aromatic heterocycles. The van der Waals surface area contributed by atoms with E-state index >= 15 is 0 Å². The molecule has 0 aliphatic heterocycles. The van der Waals surface area contributed by atoms with E-state index in [2.05, 4.69) is 37.1 Å². The van der Waals surface area contributed by atoms with E-state index in [-0.39, 0.29) is 5.54 Å². The Morgan fingerprint density at radius 1 is 1.22 bits per heavy atom. The maximum Gasteiger partial charge on any atom is 0.183 e. The summed E-state index contributed by atoms with van der Waals surface area (Å²) in [6.45, 7) is 6.32. The molecule has 0 spiro atoms. The second-order valence-electron chi connectivity index (χ2n) is 5.10. The molecule has 0 fully saturated rings. The second kappa shape index (κ2) is 4.79. The van der Waals surface area contributed by atoms with Gasteiger partial charge in [-0.2, -0.15) is 5.26 Å². The highest BCUT2D eigenvalue weighted by Gasteiger charge is 2.12. The summed E-state index contributed by atoms with van der Waals surface area (Å²) in [5, 5.41) is 15.0. The van der Waals surface area contributed by atoms with Gasteiger partial charge in [0, 0.05) is 16.5 Å². The molecule has 0 aliphatic carbocycles. The highest BCUT2D eigenvalue weighted by atomic mass is 32.1. The van der Waals surface area contributed by atoms with Gasteiger partial charge < -0.3 is 5.32 Å². The number of benzene rings is 1. The van der Waals surface area contributed by atoms with Crippen LogP contribution in [0.5, 0.6) is 0 Å². The lowest BCUT2D eigenvalue weighted by molar-refractivity contribution is 0.633. The molecule has 92 valence electrons. The van der Waals surface area contributed by atoms with E-state index in [1.807, 2.05) is 29.6 Å². The molecule has 2 aromatic rings. The van der Waals surface area contributed by atoms with Gasteiger partial charge >= 0.3 is 0 Å². The van der Waals surface area contributed by atoms with Crippen molar-refractivity contribution in [1.82, 2.24) is 4.98 Å². The standard InChI is InChI=1S/C14H15N3S/c1-14(2,3)17-13-16-12(9-18-13)11-6-4-10(8-15)5-7-11/h4-7,9H,1-3H3,(H,16,17). The SMILES string of the molecule is CC(C)(C)Nc1nc(-c2ccc(C#N)cc2)cs1. The molecule has 2 rings (SSSR count). The maximum atomic E-state index is 8.76. The number of anilines is 1. The molecule has 0 saturated heterocycles. The van der Waals surface area contributed by atoms with Crippen LogP contribution in [0.1, 0.15) is 26.3 Å². The molecule has 0 unspecified atom stereocenters. The van der Waals surface area contributed by atoms with Gasteiger partial charge in [0.2, 0.25) is 0 Å². The molecule has 18 heavy (non-hydrogen) atoms. The molecular weight excluding hydrogens is 242 g/mol. The Morgan fingerprint density at radius 3 is 2.44 bits per heavy atom. The average molecular weight is 257 g/mol. The maximum absolute atomic E-state index is 8.76. The minimum Gasteiger partial charge on any atom is -0.357 e. The van der Waals surface area contributed by atoms with Crippen molar-refractivity contribution >= 4 is 16.5 Å². The van der Waals surface area contributed by atoms with Crippen molar-refractivity contribution in [2.45, 2.75) is 26.3 Å². The van der Waals surface area contributed by atoms with Crippen LogP contribution in [0.25, 0.3) is 11.3 Å². The first-order valence-electron chi connectivity index (χ1n) is 5.72.